The molecule has 0 radical (unpaired) electrons. The highest BCUT2D eigenvalue weighted by Gasteiger charge is 2.28. The number of amides is 6. The van der Waals surface area contributed by atoms with Crippen molar-refractivity contribution < 1.29 is 93.3 Å². The summed E-state index contributed by atoms with van der Waals surface area (Å²) < 4.78 is 0. The number of rotatable bonds is 35. The number of nitrogens with zero attached hydrogens (tertiary/aromatic N) is 5. The van der Waals surface area contributed by atoms with E-state index in [1.54, 1.807) is 19.6 Å². The first-order valence-electron chi connectivity index (χ1n) is 25.6. The van der Waals surface area contributed by atoms with Gasteiger partial charge in [-0.2, -0.15) is 0 Å². The van der Waals surface area contributed by atoms with Crippen molar-refractivity contribution in [2.75, 3.05) is 105 Å². The van der Waals surface area contributed by atoms with Gasteiger partial charge in [-0.3, -0.25) is 62.8 Å². The number of unbranched alkanes of at least 4 members (excludes halogenated alkanes) is 2. The molecule has 436 valence electrons. The smallest absolute Gasteiger partial charge is 0.326 e. The second-order valence-corrected chi connectivity index (χ2v) is 18.8. The van der Waals surface area contributed by atoms with E-state index in [1.807, 2.05) is 36.5 Å². The molecule has 0 aliphatic carbocycles. The minimum absolute atomic E-state index is 0.000177. The first-order chi connectivity index (χ1) is 36.9. The van der Waals surface area contributed by atoms with Crippen LogP contribution in [0.2, 0.25) is 0 Å². The molecule has 1 aromatic rings. The Kier molecular flexibility index (Phi) is 31.2. The summed E-state index contributed by atoms with van der Waals surface area (Å²) in [5.41, 5.74) is 2.22. The molecule has 12 N–H and O–H groups in total. The van der Waals surface area contributed by atoms with Crippen molar-refractivity contribution in [1.82, 2.24) is 51.1 Å². The number of hydrogen-bond donors (Lipinski definition) is 12. The fourth-order valence-corrected chi connectivity index (χ4v) is 8.14. The first-order valence-corrected chi connectivity index (χ1v) is 25.6. The molecule has 0 aromatic heterocycles. The van der Waals surface area contributed by atoms with Gasteiger partial charge in [-0.15, -0.1) is 0 Å². The monoisotopic (exact) mass is 1110 g/mol. The van der Waals surface area contributed by atoms with Crippen molar-refractivity contribution in [1.29, 1.82) is 0 Å². The van der Waals surface area contributed by atoms with Crippen LogP contribution in [-0.2, 0) is 59.2 Å². The van der Waals surface area contributed by atoms with Crippen LogP contribution in [0.25, 0.3) is 0 Å². The molecular formula is C49H76N10O19. The van der Waals surface area contributed by atoms with E-state index in [1.165, 1.54) is 0 Å². The second-order valence-electron chi connectivity index (χ2n) is 18.8. The molecule has 2 rings (SSSR count). The van der Waals surface area contributed by atoms with Crippen LogP contribution in [0.1, 0.15) is 75.3 Å². The number of hydrogen-bond acceptors (Lipinski definition) is 16. The zero-order valence-electron chi connectivity index (χ0n) is 43.9. The third-order valence-electron chi connectivity index (χ3n) is 12.4. The number of nitrogens with one attached hydrogen (secondary N) is 5. The van der Waals surface area contributed by atoms with Crippen LogP contribution in [-0.4, -0.2) is 255 Å². The average molecular weight is 1110 g/mol. The van der Waals surface area contributed by atoms with Gasteiger partial charge in [0.2, 0.25) is 23.6 Å². The van der Waals surface area contributed by atoms with Gasteiger partial charge in [0.25, 0.3) is 0 Å². The Bertz CT molecular complexity index is 2150. The molecule has 1 aromatic carbocycles. The van der Waals surface area contributed by atoms with Gasteiger partial charge in [0, 0.05) is 78.3 Å². The Balaban J connectivity index is 2.19. The maximum absolute atomic E-state index is 13.8. The Hall–Kier alpha value is -7.50. The van der Waals surface area contributed by atoms with Crippen molar-refractivity contribution in [3.8, 4) is 0 Å². The highest BCUT2D eigenvalue weighted by molar-refractivity contribution is 5.91. The molecule has 3 atom stereocenters. The minimum Gasteiger partial charge on any atom is -0.481 e. The van der Waals surface area contributed by atoms with Crippen LogP contribution < -0.4 is 26.6 Å². The van der Waals surface area contributed by atoms with E-state index in [0.717, 1.165) is 16.0 Å². The molecule has 0 bridgehead atoms. The largest absolute Gasteiger partial charge is 0.481 e. The molecule has 0 spiro atoms. The lowest BCUT2D eigenvalue weighted by atomic mass is 10.1. The number of benzene rings is 1. The van der Waals surface area contributed by atoms with E-state index in [0.29, 0.717) is 19.3 Å². The highest BCUT2D eigenvalue weighted by atomic mass is 16.4. The molecule has 0 saturated carbocycles. The number of aryl methyl sites for hydroxylation is 2. The summed E-state index contributed by atoms with van der Waals surface area (Å²) in [4.78, 5) is 155. The van der Waals surface area contributed by atoms with Crippen molar-refractivity contribution in [3.63, 3.8) is 0 Å². The minimum atomic E-state index is -1.63. The fraction of sp³-hybridized carbons (Fsp3) is 0.633. The van der Waals surface area contributed by atoms with Crippen LogP contribution in [0.4, 0.5) is 4.79 Å². The van der Waals surface area contributed by atoms with Crippen molar-refractivity contribution >= 4 is 71.4 Å². The van der Waals surface area contributed by atoms with Gasteiger partial charge in [-0.1, -0.05) is 29.8 Å². The molecular weight excluding hydrogens is 1030 g/mol. The molecule has 1 heterocycles. The molecule has 29 heteroatoms. The number of urea groups is 1. The lowest BCUT2D eigenvalue weighted by Gasteiger charge is -2.33. The summed E-state index contributed by atoms with van der Waals surface area (Å²) >= 11 is 0. The predicted molar refractivity (Wildman–Crippen MR) is 274 cm³/mol. The number of carbonyl (C=O) groups excluding carboxylic acids is 5. The quantitative estimate of drug-likeness (QED) is 0.0322. The van der Waals surface area contributed by atoms with Crippen molar-refractivity contribution in [2.45, 2.75) is 95.7 Å². The Morgan fingerprint density at radius 3 is 1.45 bits per heavy atom. The molecule has 1 aliphatic heterocycles. The van der Waals surface area contributed by atoms with Gasteiger partial charge in [-0.05, 0) is 70.3 Å². The van der Waals surface area contributed by atoms with Crippen LogP contribution in [0.15, 0.2) is 24.3 Å². The lowest BCUT2D eigenvalue weighted by molar-refractivity contribution is -0.144. The topological polar surface area (TPSA) is 423 Å². The summed E-state index contributed by atoms with van der Waals surface area (Å²) in [5, 5.41) is 78.2. The molecule has 0 unspecified atom stereocenters. The number of carboxylic acids is 7. The highest BCUT2D eigenvalue weighted by Crippen LogP contribution is 2.10. The second kappa shape index (κ2) is 36.5. The molecule has 29 nitrogen and oxygen atoms in total. The van der Waals surface area contributed by atoms with Gasteiger partial charge in [0.1, 0.15) is 24.7 Å². The maximum Gasteiger partial charge on any atom is 0.326 e. The van der Waals surface area contributed by atoms with E-state index in [4.69, 9.17) is 5.11 Å². The molecule has 1 fully saturated rings. The lowest BCUT2D eigenvalue weighted by Crippen LogP contribution is -2.53. The standard InChI is InChI=1S/C49H76N10O19/c1-33-11-13-34(14-12-33)7-6-10-38(60)50-17-4-2-8-35(52-39(61)28-55-19-21-56(29-42(65)66)23-25-58(31-44(69)70)26-24-57(22-20-55)30-43(67)68)46(73)51-27-40(62)59(32-45(71)72)18-5-3-9-36(47(74)75)53-49(78)54-37(48(76)77)15-16-41(63)64/h11-14,35-37H,2-10,15-32H2,1H3,(H,50,60)(H,51,73)(H,52,61)(H,63,64)(H,65,66)(H,67,68)(H,69,70)(H,71,72)(H,74,75)(H,76,77)(H2,53,54,78)/t35-,36-,37-/m0/s1. The van der Waals surface area contributed by atoms with Gasteiger partial charge in [-0.25, -0.2) is 14.4 Å². The van der Waals surface area contributed by atoms with Gasteiger partial charge < -0.3 is 67.2 Å². The summed E-state index contributed by atoms with van der Waals surface area (Å²) in [5.74, 6) is -11.7. The van der Waals surface area contributed by atoms with Crippen LogP contribution in [0, 0.1) is 6.92 Å². The van der Waals surface area contributed by atoms with Crippen LogP contribution >= 0.6 is 0 Å². The van der Waals surface area contributed by atoms with Gasteiger partial charge in [0.05, 0.1) is 32.7 Å². The van der Waals surface area contributed by atoms with Crippen molar-refractivity contribution in [3.05, 3.63) is 35.4 Å². The Labute approximate surface area is 450 Å². The van der Waals surface area contributed by atoms with E-state index in [-0.39, 0.29) is 123 Å². The maximum atomic E-state index is 13.8. The third kappa shape index (κ3) is 30.3. The summed E-state index contributed by atoms with van der Waals surface area (Å²) in [6, 6.07) is 2.31. The van der Waals surface area contributed by atoms with E-state index in [9.17, 15) is 88.2 Å². The van der Waals surface area contributed by atoms with Crippen LogP contribution in [0.3, 0.4) is 0 Å². The first kappa shape index (κ1) is 66.6. The fourth-order valence-electron chi connectivity index (χ4n) is 8.14. The predicted octanol–water partition coefficient (Wildman–Crippen LogP) is -2.17. The average Bonchev–Trinajstić information content (AvgIpc) is 3.34. The number of carbonyl (C=O) groups is 12. The number of carboxylic acid groups (broad SMARTS) is 7. The molecule has 1 saturated heterocycles. The summed E-state index contributed by atoms with van der Waals surface area (Å²) in [6.07, 6.45) is 0.935. The molecule has 1 aliphatic rings. The van der Waals surface area contributed by atoms with Gasteiger partial charge in [0.15, 0.2) is 0 Å². The Morgan fingerprint density at radius 2 is 0.974 bits per heavy atom. The van der Waals surface area contributed by atoms with E-state index < -0.39 is 123 Å². The molecule has 6 amide bonds. The van der Waals surface area contributed by atoms with Gasteiger partial charge >= 0.3 is 47.8 Å². The third-order valence-corrected chi connectivity index (χ3v) is 12.4. The summed E-state index contributed by atoms with van der Waals surface area (Å²) in [6.45, 7) is -0.106. The number of aliphatic carboxylic acids is 7. The van der Waals surface area contributed by atoms with E-state index in [2.05, 4.69) is 21.3 Å². The van der Waals surface area contributed by atoms with Crippen LogP contribution in [0.5, 0.6) is 0 Å². The molecule has 78 heavy (non-hydrogen) atoms. The summed E-state index contributed by atoms with van der Waals surface area (Å²) in [7, 11) is 0. The van der Waals surface area contributed by atoms with E-state index >= 15 is 0 Å². The SMILES string of the molecule is Cc1ccc(CCCC(=O)NCCCC[C@H](NC(=O)CN2CCN(CC(=O)O)CCN(CC(=O)O)CCN(CC(=O)O)CC2)C(=O)NCC(=O)N(CCCC[C@H](NC(=O)N[C@@H](CCC(=O)O)C(=O)O)C(=O)O)CC(=O)O)cc1. The normalized spacial score (nSPS) is 15.1. The zero-order valence-corrected chi connectivity index (χ0v) is 43.9. The Morgan fingerprint density at radius 1 is 0.500 bits per heavy atom. The zero-order chi connectivity index (χ0) is 58.2. The van der Waals surface area contributed by atoms with Crippen molar-refractivity contribution in [2.24, 2.45) is 0 Å².